The van der Waals surface area contributed by atoms with Crippen molar-refractivity contribution < 1.29 is 9.59 Å². The highest BCUT2D eigenvalue weighted by Gasteiger charge is 2.20. The van der Waals surface area contributed by atoms with Crippen molar-refractivity contribution in [3.8, 4) is 0 Å². The summed E-state index contributed by atoms with van der Waals surface area (Å²) in [5.41, 5.74) is -0.312. The van der Waals surface area contributed by atoms with E-state index in [2.05, 4.69) is 20.7 Å². The van der Waals surface area contributed by atoms with Gasteiger partial charge in [-0.3, -0.25) is 9.48 Å². The minimum absolute atomic E-state index is 0.0373. The Bertz CT molecular complexity index is 480. The second-order valence-electron chi connectivity index (χ2n) is 6.28. The number of hydrogen-bond donors (Lipinski definition) is 2. The smallest absolute Gasteiger partial charge is 0.318 e. The second kappa shape index (κ2) is 7.77. The first-order valence-electron chi connectivity index (χ1n) is 7.40. The lowest BCUT2D eigenvalue weighted by molar-refractivity contribution is -0.123. The lowest BCUT2D eigenvalue weighted by Crippen LogP contribution is -2.51. The van der Waals surface area contributed by atoms with Gasteiger partial charge < -0.3 is 15.5 Å². The van der Waals surface area contributed by atoms with Crippen LogP contribution in [0.25, 0.3) is 0 Å². The van der Waals surface area contributed by atoms with Crippen LogP contribution in [0.3, 0.4) is 0 Å². The fourth-order valence-corrected chi connectivity index (χ4v) is 1.91. The Morgan fingerprint density at radius 2 is 2.05 bits per heavy atom. The number of urea groups is 1. The van der Waals surface area contributed by atoms with E-state index >= 15 is 0 Å². The summed E-state index contributed by atoms with van der Waals surface area (Å²) in [6.45, 7) is 10.5. The van der Waals surface area contributed by atoms with Gasteiger partial charge in [0.05, 0.1) is 6.54 Å². The number of likely N-dealkylation sites (N-methyl/N-ethyl adjacent to an activating group) is 1. The van der Waals surface area contributed by atoms with Gasteiger partial charge in [0.2, 0.25) is 5.91 Å². The van der Waals surface area contributed by atoms with E-state index in [1.807, 2.05) is 34.6 Å². The molecule has 0 aliphatic heterocycles. The van der Waals surface area contributed by atoms with Gasteiger partial charge >= 0.3 is 6.03 Å². The Labute approximate surface area is 131 Å². The zero-order valence-electron chi connectivity index (χ0n) is 14.0. The molecule has 0 saturated heterocycles. The number of amides is 3. The van der Waals surface area contributed by atoms with Crippen LogP contribution in [-0.2, 0) is 11.3 Å². The number of carbonyl (C=O) groups is 2. The molecule has 0 fully saturated rings. The van der Waals surface area contributed by atoms with Crippen molar-refractivity contribution in [3.63, 3.8) is 0 Å². The molecular weight excluding hydrogens is 284 g/mol. The van der Waals surface area contributed by atoms with Crippen LogP contribution < -0.4 is 10.6 Å². The van der Waals surface area contributed by atoms with Gasteiger partial charge in [0.1, 0.15) is 19.2 Å². The second-order valence-corrected chi connectivity index (χ2v) is 6.28. The summed E-state index contributed by atoms with van der Waals surface area (Å²) in [5, 5.41) is 9.69. The molecule has 124 valence electrons. The van der Waals surface area contributed by atoms with Crippen molar-refractivity contribution in [1.82, 2.24) is 30.3 Å². The molecule has 1 rings (SSSR count). The van der Waals surface area contributed by atoms with Crippen molar-refractivity contribution in [2.75, 3.05) is 13.1 Å². The maximum absolute atomic E-state index is 12.2. The molecule has 8 nitrogen and oxygen atoms in total. The van der Waals surface area contributed by atoms with Crippen LogP contribution in [0.15, 0.2) is 12.7 Å². The zero-order chi connectivity index (χ0) is 16.8. The zero-order valence-corrected chi connectivity index (χ0v) is 14.0. The normalized spacial score (nSPS) is 12.6. The number of nitrogens with zero attached hydrogens (tertiary/aromatic N) is 4. The van der Waals surface area contributed by atoms with Gasteiger partial charge in [-0.05, 0) is 34.6 Å². The van der Waals surface area contributed by atoms with E-state index in [1.165, 1.54) is 11.2 Å². The van der Waals surface area contributed by atoms with E-state index in [-0.39, 0.29) is 30.1 Å². The van der Waals surface area contributed by atoms with E-state index < -0.39 is 0 Å². The van der Waals surface area contributed by atoms with E-state index in [4.69, 9.17) is 0 Å². The third-order valence-corrected chi connectivity index (χ3v) is 2.82. The third kappa shape index (κ3) is 6.55. The van der Waals surface area contributed by atoms with Crippen LogP contribution in [0, 0.1) is 0 Å². The molecule has 1 aromatic rings. The molecule has 0 spiro atoms. The first kappa shape index (κ1) is 17.9. The summed E-state index contributed by atoms with van der Waals surface area (Å²) in [7, 11) is 0. The Kier molecular flexibility index (Phi) is 6.33. The molecule has 0 aliphatic carbocycles. The van der Waals surface area contributed by atoms with Crippen LogP contribution in [0.2, 0.25) is 0 Å². The highest BCUT2D eigenvalue weighted by atomic mass is 16.2. The monoisotopic (exact) mass is 310 g/mol. The SMILES string of the molecule is CCN(CC(=O)NC(C)(C)C)C(=O)NC(C)Cn1cncn1. The Morgan fingerprint density at radius 3 is 2.55 bits per heavy atom. The molecule has 2 N–H and O–H groups in total. The first-order valence-corrected chi connectivity index (χ1v) is 7.40. The van der Waals surface area contributed by atoms with Crippen LogP contribution in [0.4, 0.5) is 4.79 Å². The van der Waals surface area contributed by atoms with E-state index in [0.29, 0.717) is 13.1 Å². The minimum atomic E-state index is -0.312. The fourth-order valence-electron chi connectivity index (χ4n) is 1.91. The molecule has 1 unspecified atom stereocenters. The topological polar surface area (TPSA) is 92.2 Å². The van der Waals surface area contributed by atoms with Crippen LogP contribution in [0.5, 0.6) is 0 Å². The van der Waals surface area contributed by atoms with E-state index in [9.17, 15) is 9.59 Å². The van der Waals surface area contributed by atoms with Crippen molar-refractivity contribution in [3.05, 3.63) is 12.7 Å². The molecule has 0 saturated carbocycles. The predicted molar refractivity (Wildman–Crippen MR) is 83.2 cm³/mol. The van der Waals surface area contributed by atoms with Crippen molar-refractivity contribution >= 4 is 11.9 Å². The molecule has 8 heteroatoms. The number of aromatic nitrogens is 3. The summed E-state index contributed by atoms with van der Waals surface area (Å²) in [4.78, 5) is 29.4. The predicted octanol–water partition coefficient (Wildman–Crippen LogP) is 0.613. The molecular formula is C14H26N6O2. The van der Waals surface area contributed by atoms with Gasteiger partial charge in [-0.1, -0.05) is 0 Å². The molecule has 1 atom stereocenters. The first-order chi connectivity index (χ1) is 10.2. The van der Waals surface area contributed by atoms with Gasteiger partial charge in [-0.2, -0.15) is 5.10 Å². The number of nitrogens with one attached hydrogen (secondary N) is 2. The number of hydrogen-bond acceptors (Lipinski definition) is 4. The molecule has 0 aromatic carbocycles. The lowest BCUT2D eigenvalue weighted by Gasteiger charge is -2.26. The van der Waals surface area contributed by atoms with Crippen LogP contribution in [0.1, 0.15) is 34.6 Å². The highest BCUT2D eigenvalue weighted by molar-refractivity contribution is 5.84. The van der Waals surface area contributed by atoms with Crippen molar-refractivity contribution in [2.45, 2.75) is 52.7 Å². The van der Waals surface area contributed by atoms with Gasteiger partial charge in [-0.25, -0.2) is 9.78 Å². The van der Waals surface area contributed by atoms with E-state index in [0.717, 1.165) is 0 Å². The van der Waals surface area contributed by atoms with Gasteiger partial charge in [0.25, 0.3) is 0 Å². The molecule has 1 heterocycles. The highest BCUT2D eigenvalue weighted by Crippen LogP contribution is 2.00. The maximum atomic E-state index is 12.2. The average Bonchev–Trinajstić information content (AvgIpc) is 2.86. The lowest BCUT2D eigenvalue weighted by atomic mass is 10.1. The Balaban J connectivity index is 2.48. The molecule has 3 amide bonds. The number of carbonyl (C=O) groups excluding carboxylic acids is 2. The van der Waals surface area contributed by atoms with Gasteiger partial charge in [0, 0.05) is 18.1 Å². The Hall–Kier alpha value is -2.12. The summed E-state index contributed by atoms with van der Waals surface area (Å²) in [5.74, 6) is -0.173. The standard InChI is InChI=1S/C14H26N6O2/c1-6-19(8-12(21)18-14(3,4)5)13(22)17-11(2)7-20-10-15-9-16-20/h9-11H,6-8H2,1-5H3,(H,17,22)(H,18,21). The van der Waals surface area contributed by atoms with Crippen LogP contribution in [-0.4, -0.2) is 56.3 Å². The van der Waals surface area contributed by atoms with Crippen molar-refractivity contribution in [2.24, 2.45) is 0 Å². The summed E-state index contributed by atoms with van der Waals surface area (Å²) in [6.07, 6.45) is 3.04. The summed E-state index contributed by atoms with van der Waals surface area (Å²) >= 11 is 0. The molecule has 0 aliphatic rings. The molecule has 0 radical (unpaired) electrons. The molecule has 22 heavy (non-hydrogen) atoms. The molecule has 0 bridgehead atoms. The maximum Gasteiger partial charge on any atom is 0.318 e. The van der Waals surface area contributed by atoms with Crippen molar-refractivity contribution in [1.29, 1.82) is 0 Å². The van der Waals surface area contributed by atoms with Gasteiger partial charge in [-0.15, -0.1) is 0 Å². The average molecular weight is 310 g/mol. The van der Waals surface area contributed by atoms with E-state index in [1.54, 1.807) is 11.0 Å². The molecule has 1 aromatic heterocycles. The fraction of sp³-hybridized carbons (Fsp3) is 0.714. The summed E-state index contributed by atoms with van der Waals surface area (Å²) in [6, 6.07) is -0.381. The third-order valence-electron chi connectivity index (χ3n) is 2.82. The minimum Gasteiger partial charge on any atom is -0.350 e. The van der Waals surface area contributed by atoms with Gasteiger partial charge in [0.15, 0.2) is 0 Å². The largest absolute Gasteiger partial charge is 0.350 e. The summed E-state index contributed by atoms with van der Waals surface area (Å²) < 4.78 is 1.65. The number of rotatable bonds is 6. The Morgan fingerprint density at radius 1 is 1.36 bits per heavy atom. The van der Waals surface area contributed by atoms with Crippen LogP contribution >= 0.6 is 0 Å². The quantitative estimate of drug-likeness (QED) is 0.805.